The largest absolute Gasteiger partial charge is 0.452 e. The van der Waals surface area contributed by atoms with Crippen LogP contribution in [0.2, 0.25) is 15.1 Å². The molecule has 5 nitrogen and oxygen atoms in total. The van der Waals surface area contributed by atoms with Gasteiger partial charge in [0.05, 0.1) is 15.6 Å². The number of pyridine rings is 1. The molecule has 0 aliphatic heterocycles. The van der Waals surface area contributed by atoms with Gasteiger partial charge in [-0.3, -0.25) is 4.79 Å². The second-order valence-corrected chi connectivity index (χ2v) is 5.40. The Hall–Kier alpha value is -1.82. The number of hydrogen-bond donors (Lipinski definition) is 1. The zero-order valence-corrected chi connectivity index (χ0v) is 13.2. The van der Waals surface area contributed by atoms with Crippen molar-refractivity contribution in [3.63, 3.8) is 0 Å². The minimum atomic E-state index is -0.659. The number of rotatable bonds is 4. The first-order chi connectivity index (χ1) is 10.5. The average molecular weight is 360 g/mol. The standard InChI is InChI=1S/C14H9Cl3N2O3/c15-9-3-1-2-8(4-9)14(21)22-7-12(20)19-13-11(17)5-10(16)6-18-13/h1-6H,7H2,(H,18,19,20). The highest BCUT2D eigenvalue weighted by Gasteiger charge is 2.12. The number of ether oxygens (including phenoxy) is 1. The number of aromatic nitrogens is 1. The van der Waals surface area contributed by atoms with Gasteiger partial charge in [-0.1, -0.05) is 40.9 Å². The molecule has 0 unspecified atom stereocenters. The Balaban J connectivity index is 1.91. The van der Waals surface area contributed by atoms with Crippen molar-refractivity contribution in [2.45, 2.75) is 0 Å². The van der Waals surface area contributed by atoms with Crippen LogP contribution < -0.4 is 5.32 Å². The van der Waals surface area contributed by atoms with Gasteiger partial charge in [0.25, 0.3) is 5.91 Å². The Morgan fingerprint density at radius 2 is 1.91 bits per heavy atom. The van der Waals surface area contributed by atoms with Gasteiger partial charge in [-0.2, -0.15) is 0 Å². The number of carbonyl (C=O) groups excluding carboxylic acids is 2. The third-order valence-electron chi connectivity index (χ3n) is 2.46. The Morgan fingerprint density at radius 3 is 2.59 bits per heavy atom. The fraction of sp³-hybridized carbons (Fsp3) is 0.0714. The van der Waals surface area contributed by atoms with Crippen LogP contribution in [-0.2, 0) is 9.53 Å². The van der Waals surface area contributed by atoms with E-state index in [0.717, 1.165) is 0 Å². The lowest BCUT2D eigenvalue weighted by atomic mass is 10.2. The smallest absolute Gasteiger partial charge is 0.338 e. The van der Waals surface area contributed by atoms with Crippen molar-refractivity contribution in [1.29, 1.82) is 0 Å². The van der Waals surface area contributed by atoms with E-state index in [1.165, 1.54) is 24.4 Å². The lowest BCUT2D eigenvalue weighted by Gasteiger charge is -2.07. The fourth-order valence-corrected chi connectivity index (χ4v) is 2.12. The van der Waals surface area contributed by atoms with Crippen LogP contribution in [0.4, 0.5) is 5.82 Å². The molecule has 22 heavy (non-hydrogen) atoms. The first-order valence-corrected chi connectivity index (χ1v) is 7.12. The van der Waals surface area contributed by atoms with Gasteiger partial charge in [0.15, 0.2) is 12.4 Å². The van der Waals surface area contributed by atoms with E-state index in [-0.39, 0.29) is 16.4 Å². The van der Waals surface area contributed by atoms with Crippen molar-refractivity contribution in [2.75, 3.05) is 11.9 Å². The molecule has 2 rings (SSSR count). The Kier molecular flexibility index (Phi) is 5.60. The van der Waals surface area contributed by atoms with Crippen molar-refractivity contribution >= 4 is 52.5 Å². The molecule has 0 bridgehead atoms. The van der Waals surface area contributed by atoms with Crippen LogP contribution in [0.25, 0.3) is 0 Å². The predicted molar refractivity (Wildman–Crippen MR) is 84.6 cm³/mol. The molecule has 0 atom stereocenters. The normalized spacial score (nSPS) is 10.1. The molecule has 1 heterocycles. The lowest BCUT2D eigenvalue weighted by molar-refractivity contribution is -0.119. The van der Waals surface area contributed by atoms with Crippen LogP contribution in [0.5, 0.6) is 0 Å². The summed E-state index contributed by atoms with van der Waals surface area (Å²) >= 11 is 17.3. The molecule has 0 aliphatic carbocycles. The molecular formula is C14H9Cl3N2O3. The number of nitrogens with one attached hydrogen (secondary N) is 1. The maximum atomic E-state index is 11.7. The second kappa shape index (κ2) is 7.45. The maximum Gasteiger partial charge on any atom is 0.338 e. The first-order valence-electron chi connectivity index (χ1n) is 5.99. The van der Waals surface area contributed by atoms with Gasteiger partial charge < -0.3 is 10.1 Å². The summed E-state index contributed by atoms with van der Waals surface area (Å²) in [6.45, 7) is -0.480. The third-order valence-corrected chi connectivity index (χ3v) is 3.19. The van der Waals surface area contributed by atoms with Crippen molar-refractivity contribution in [1.82, 2.24) is 4.98 Å². The zero-order chi connectivity index (χ0) is 16.1. The van der Waals surface area contributed by atoms with Crippen LogP contribution in [0, 0.1) is 0 Å². The number of halogens is 3. The highest BCUT2D eigenvalue weighted by Crippen LogP contribution is 2.22. The highest BCUT2D eigenvalue weighted by molar-refractivity contribution is 6.36. The molecule has 0 aliphatic rings. The molecule has 1 aromatic heterocycles. The monoisotopic (exact) mass is 358 g/mol. The van der Waals surface area contributed by atoms with E-state index >= 15 is 0 Å². The summed E-state index contributed by atoms with van der Waals surface area (Å²) in [5.41, 5.74) is 0.253. The highest BCUT2D eigenvalue weighted by atomic mass is 35.5. The van der Waals surface area contributed by atoms with Gasteiger partial charge in [0, 0.05) is 11.2 Å². The molecule has 2 aromatic rings. The molecule has 0 fully saturated rings. The van der Waals surface area contributed by atoms with Gasteiger partial charge >= 0.3 is 5.97 Å². The number of amides is 1. The van der Waals surface area contributed by atoms with Crippen molar-refractivity contribution in [3.05, 3.63) is 57.2 Å². The molecule has 8 heteroatoms. The minimum Gasteiger partial charge on any atom is -0.452 e. The second-order valence-electron chi connectivity index (χ2n) is 4.12. The van der Waals surface area contributed by atoms with E-state index in [4.69, 9.17) is 39.5 Å². The topological polar surface area (TPSA) is 68.3 Å². The van der Waals surface area contributed by atoms with Crippen molar-refractivity contribution in [2.24, 2.45) is 0 Å². The summed E-state index contributed by atoms with van der Waals surface area (Å²) in [6.07, 6.45) is 1.33. The summed E-state index contributed by atoms with van der Waals surface area (Å²) in [5, 5.41) is 3.34. The zero-order valence-electron chi connectivity index (χ0n) is 11.0. The third kappa shape index (κ3) is 4.59. The van der Waals surface area contributed by atoms with Gasteiger partial charge in [-0.25, -0.2) is 9.78 Å². The summed E-state index contributed by atoms with van der Waals surface area (Å²) in [4.78, 5) is 27.3. The number of nitrogens with zero attached hydrogens (tertiary/aromatic N) is 1. The van der Waals surface area contributed by atoms with Crippen LogP contribution in [0.3, 0.4) is 0 Å². The number of esters is 1. The van der Waals surface area contributed by atoms with Crippen molar-refractivity contribution in [3.8, 4) is 0 Å². The Morgan fingerprint density at radius 1 is 1.14 bits per heavy atom. The lowest BCUT2D eigenvalue weighted by Crippen LogP contribution is -2.21. The minimum absolute atomic E-state index is 0.134. The van der Waals surface area contributed by atoms with Crippen LogP contribution >= 0.6 is 34.8 Å². The van der Waals surface area contributed by atoms with E-state index in [1.807, 2.05) is 0 Å². The summed E-state index contributed by atoms with van der Waals surface area (Å²) < 4.78 is 4.87. The van der Waals surface area contributed by atoms with E-state index in [0.29, 0.717) is 10.0 Å². The SMILES string of the molecule is O=C(COC(=O)c1cccc(Cl)c1)Nc1ncc(Cl)cc1Cl. The van der Waals surface area contributed by atoms with Crippen molar-refractivity contribution < 1.29 is 14.3 Å². The van der Waals surface area contributed by atoms with E-state index in [1.54, 1.807) is 12.1 Å². The number of benzene rings is 1. The molecule has 1 amide bonds. The molecule has 0 saturated carbocycles. The maximum absolute atomic E-state index is 11.7. The molecule has 1 aromatic carbocycles. The molecule has 0 saturated heterocycles. The summed E-state index contributed by atoms with van der Waals surface area (Å²) in [7, 11) is 0. The summed E-state index contributed by atoms with van der Waals surface area (Å²) in [6, 6.07) is 7.64. The molecule has 0 spiro atoms. The molecular weight excluding hydrogens is 351 g/mol. The van der Waals surface area contributed by atoms with Gasteiger partial charge in [0.2, 0.25) is 0 Å². The van der Waals surface area contributed by atoms with E-state index in [9.17, 15) is 9.59 Å². The molecule has 114 valence electrons. The van der Waals surface area contributed by atoms with Crippen LogP contribution in [0.15, 0.2) is 36.5 Å². The summed E-state index contributed by atoms with van der Waals surface area (Å²) in [5.74, 6) is -1.10. The van der Waals surface area contributed by atoms with Crippen LogP contribution in [0.1, 0.15) is 10.4 Å². The fourth-order valence-electron chi connectivity index (χ4n) is 1.50. The Labute approximate surface area is 141 Å². The molecule has 1 N–H and O–H groups in total. The number of anilines is 1. The first kappa shape index (κ1) is 16.5. The Bertz CT molecular complexity index is 722. The number of carbonyl (C=O) groups is 2. The average Bonchev–Trinajstić information content (AvgIpc) is 2.47. The van der Waals surface area contributed by atoms with Gasteiger partial charge in [-0.15, -0.1) is 0 Å². The van der Waals surface area contributed by atoms with Gasteiger partial charge in [0.1, 0.15) is 0 Å². The predicted octanol–water partition coefficient (Wildman–Crippen LogP) is 3.84. The van der Waals surface area contributed by atoms with Gasteiger partial charge in [-0.05, 0) is 24.3 Å². The van der Waals surface area contributed by atoms with Crippen LogP contribution in [-0.4, -0.2) is 23.5 Å². The van der Waals surface area contributed by atoms with E-state index < -0.39 is 18.5 Å². The van der Waals surface area contributed by atoms with E-state index in [2.05, 4.69) is 10.3 Å². The quantitative estimate of drug-likeness (QED) is 0.842. The number of hydrogen-bond acceptors (Lipinski definition) is 4. The molecule has 0 radical (unpaired) electrons.